The molecule has 0 radical (unpaired) electrons. The maximum atomic E-state index is 5.45. The number of benzene rings is 1. The highest BCUT2D eigenvalue weighted by molar-refractivity contribution is 9.10. The Bertz CT molecular complexity index is 534. The van der Waals surface area contributed by atoms with E-state index in [1.807, 2.05) is 12.1 Å². The summed E-state index contributed by atoms with van der Waals surface area (Å²) in [6, 6.07) is 8.24. The van der Waals surface area contributed by atoms with Crippen LogP contribution in [0.1, 0.15) is 29.3 Å². The van der Waals surface area contributed by atoms with Gasteiger partial charge in [-0.25, -0.2) is 4.98 Å². The largest absolute Gasteiger partial charge is 0.374 e. The van der Waals surface area contributed by atoms with Crippen molar-refractivity contribution in [1.82, 2.24) is 4.98 Å². The molecule has 1 heterocycles. The van der Waals surface area contributed by atoms with Crippen molar-refractivity contribution in [3.05, 3.63) is 38.6 Å². The van der Waals surface area contributed by atoms with Gasteiger partial charge in [-0.3, -0.25) is 0 Å². The maximum Gasteiger partial charge on any atom is 0.122 e. The van der Waals surface area contributed by atoms with Gasteiger partial charge in [0.05, 0.1) is 5.69 Å². The average Bonchev–Trinajstić information content (AvgIpc) is 2.73. The summed E-state index contributed by atoms with van der Waals surface area (Å²) in [5.74, 6) is 0. The van der Waals surface area contributed by atoms with Crippen LogP contribution in [0.25, 0.3) is 11.3 Å². The Morgan fingerprint density at radius 3 is 2.83 bits per heavy atom. The van der Waals surface area contributed by atoms with E-state index in [2.05, 4.69) is 41.9 Å². The molecule has 0 fully saturated rings. The number of nitrogens with zero attached hydrogens (tertiary/aromatic N) is 1. The standard InChI is InChI=1S/C14H16BrNOS/c1-4-12(17-3)14-16-13(9(2)18-14)10-6-5-7-11(15)8-10/h5-8,12H,4H2,1-3H3. The van der Waals surface area contributed by atoms with E-state index in [4.69, 9.17) is 9.72 Å². The van der Waals surface area contributed by atoms with Crippen LogP contribution in [0.4, 0.5) is 0 Å². The van der Waals surface area contributed by atoms with Crippen molar-refractivity contribution in [3.63, 3.8) is 0 Å². The first-order chi connectivity index (χ1) is 8.65. The molecule has 0 bridgehead atoms. The summed E-state index contributed by atoms with van der Waals surface area (Å²) < 4.78 is 6.53. The first-order valence-corrected chi connectivity index (χ1v) is 7.52. The van der Waals surface area contributed by atoms with Crippen LogP contribution >= 0.6 is 27.3 Å². The van der Waals surface area contributed by atoms with Gasteiger partial charge in [0.25, 0.3) is 0 Å². The molecule has 2 rings (SSSR count). The fourth-order valence-electron chi connectivity index (χ4n) is 1.90. The second-order valence-corrected chi connectivity index (χ2v) is 6.25. The quantitative estimate of drug-likeness (QED) is 0.791. The lowest BCUT2D eigenvalue weighted by Gasteiger charge is -2.08. The van der Waals surface area contributed by atoms with Crippen LogP contribution in [-0.2, 0) is 4.74 Å². The molecular weight excluding hydrogens is 310 g/mol. The van der Waals surface area contributed by atoms with Crippen LogP contribution in [0.5, 0.6) is 0 Å². The normalized spacial score (nSPS) is 12.7. The molecule has 96 valence electrons. The zero-order valence-electron chi connectivity index (χ0n) is 10.7. The van der Waals surface area contributed by atoms with E-state index in [0.29, 0.717) is 0 Å². The summed E-state index contributed by atoms with van der Waals surface area (Å²) in [6.45, 7) is 4.23. The van der Waals surface area contributed by atoms with Crippen molar-refractivity contribution < 1.29 is 4.74 Å². The Hall–Kier alpha value is -0.710. The van der Waals surface area contributed by atoms with E-state index in [1.165, 1.54) is 4.88 Å². The van der Waals surface area contributed by atoms with Gasteiger partial charge < -0.3 is 4.74 Å². The highest BCUT2D eigenvalue weighted by atomic mass is 79.9. The topological polar surface area (TPSA) is 22.1 Å². The Labute approximate surface area is 120 Å². The second-order valence-electron chi connectivity index (χ2n) is 4.10. The molecule has 1 unspecified atom stereocenters. The van der Waals surface area contributed by atoms with Gasteiger partial charge in [-0.2, -0.15) is 0 Å². The fourth-order valence-corrected chi connectivity index (χ4v) is 3.40. The molecule has 2 aromatic rings. The Morgan fingerprint density at radius 2 is 2.22 bits per heavy atom. The third-order valence-corrected chi connectivity index (χ3v) is 4.40. The van der Waals surface area contributed by atoms with Crippen LogP contribution in [-0.4, -0.2) is 12.1 Å². The number of ether oxygens (including phenoxy) is 1. The molecule has 0 aliphatic carbocycles. The molecule has 4 heteroatoms. The number of hydrogen-bond donors (Lipinski definition) is 0. The van der Waals surface area contributed by atoms with E-state index < -0.39 is 0 Å². The first kappa shape index (κ1) is 13.7. The molecule has 1 aromatic carbocycles. The number of thiazole rings is 1. The summed E-state index contributed by atoms with van der Waals surface area (Å²) in [5.41, 5.74) is 2.21. The van der Waals surface area contributed by atoms with E-state index in [1.54, 1.807) is 18.4 Å². The zero-order valence-corrected chi connectivity index (χ0v) is 13.1. The molecular formula is C14H16BrNOS. The van der Waals surface area contributed by atoms with Crippen molar-refractivity contribution in [3.8, 4) is 11.3 Å². The van der Waals surface area contributed by atoms with Gasteiger partial charge in [-0.1, -0.05) is 35.0 Å². The smallest absolute Gasteiger partial charge is 0.122 e. The van der Waals surface area contributed by atoms with Gasteiger partial charge in [0.15, 0.2) is 0 Å². The molecule has 0 amide bonds. The molecule has 0 N–H and O–H groups in total. The van der Waals surface area contributed by atoms with Gasteiger partial charge in [-0.15, -0.1) is 11.3 Å². The summed E-state index contributed by atoms with van der Waals surface area (Å²) in [7, 11) is 1.74. The average molecular weight is 326 g/mol. The van der Waals surface area contributed by atoms with Crippen molar-refractivity contribution in [2.75, 3.05) is 7.11 Å². The Balaban J connectivity index is 2.40. The molecule has 0 spiro atoms. The minimum atomic E-state index is 0.106. The van der Waals surface area contributed by atoms with Gasteiger partial charge in [-0.05, 0) is 25.5 Å². The molecule has 1 atom stereocenters. The van der Waals surface area contributed by atoms with Crippen LogP contribution in [0.3, 0.4) is 0 Å². The van der Waals surface area contributed by atoms with Crippen molar-refractivity contribution >= 4 is 27.3 Å². The maximum absolute atomic E-state index is 5.45. The van der Waals surface area contributed by atoms with E-state index in [-0.39, 0.29) is 6.10 Å². The lowest BCUT2D eigenvalue weighted by atomic mass is 10.1. The summed E-state index contributed by atoms with van der Waals surface area (Å²) in [5, 5.41) is 1.06. The SMILES string of the molecule is CCC(OC)c1nc(-c2cccc(Br)c2)c(C)s1. The third kappa shape index (κ3) is 2.82. The highest BCUT2D eigenvalue weighted by Gasteiger charge is 2.16. The van der Waals surface area contributed by atoms with Gasteiger partial charge in [0.1, 0.15) is 11.1 Å². The minimum absolute atomic E-state index is 0.106. The summed E-state index contributed by atoms with van der Waals surface area (Å²) in [4.78, 5) is 5.97. The molecule has 1 aromatic heterocycles. The molecule has 0 aliphatic heterocycles. The third-order valence-electron chi connectivity index (χ3n) is 2.84. The van der Waals surface area contributed by atoms with E-state index in [9.17, 15) is 0 Å². The predicted octanol–water partition coefficient (Wildman–Crippen LogP) is 4.98. The fraction of sp³-hybridized carbons (Fsp3) is 0.357. The minimum Gasteiger partial charge on any atom is -0.374 e. The van der Waals surface area contributed by atoms with Crippen LogP contribution in [0, 0.1) is 6.92 Å². The predicted molar refractivity (Wildman–Crippen MR) is 80.0 cm³/mol. The van der Waals surface area contributed by atoms with Crippen LogP contribution in [0.2, 0.25) is 0 Å². The lowest BCUT2D eigenvalue weighted by molar-refractivity contribution is 0.0998. The van der Waals surface area contributed by atoms with Gasteiger partial charge >= 0.3 is 0 Å². The Morgan fingerprint density at radius 1 is 1.44 bits per heavy atom. The van der Waals surface area contributed by atoms with E-state index >= 15 is 0 Å². The van der Waals surface area contributed by atoms with E-state index in [0.717, 1.165) is 27.2 Å². The number of aromatic nitrogens is 1. The number of methoxy groups -OCH3 is 1. The first-order valence-electron chi connectivity index (χ1n) is 5.91. The van der Waals surface area contributed by atoms with Gasteiger partial charge in [0, 0.05) is 22.0 Å². The molecule has 0 saturated heterocycles. The van der Waals surface area contributed by atoms with Gasteiger partial charge in [0.2, 0.25) is 0 Å². The monoisotopic (exact) mass is 325 g/mol. The summed E-state index contributed by atoms with van der Waals surface area (Å²) in [6.07, 6.45) is 1.05. The van der Waals surface area contributed by atoms with Crippen LogP contribution < -0.4 is 0 Å². The lowest BCUT2D eigenvalue weighted by Crippen LogP contribution is -1.98. The highest BCUT2D eigenvalue weighted by Crippen LogP contribution is 2.33. The van der Waals surface area contributed by atoms with Crippen molar-refractivity contribution in [2.24, 2.45) is 0 Å². The molecule has 0 aliphatic rings. The van der Waals surface area contributed by atoms with Crippen molar-refractivity contribution in [1.29, 1.82) is 0 Å². The number of aryl methyl sites for hydroxylation is 1. The molecule has 18 heavy (non-hydrogen) atoms. The van der Waals surface area contributed by atoms with Crippen LogP contribution in [0.15, 0.2) is 28.7 Å². The summed E-state index contributed by atoms with van der Waals surface area (Å²) >= 11 is 5.22. The second kappa shape index (κ2) is 5.95. The zero-order chi connectivity index (χ0) is 13.1. The number of hydrogen-bond acceptors (Lipinski definition) is 3. The molecule has 0 saturated carbocycles. The number of rotatable bonds is 4. The molecule has 2 nitrogen and oxygen atoms in total. The number of halogens is 1. The van der Waals surface area contributed by atoms with Crippen molar-refractivity contribution in [2.45, 2.75) is 26.4 Å². The Kier molecular flexibility index (Phi) is 4.54.